The number of nitrogens with zero attached hydrogens (tertiary/aromatic N) is 2. The van der Waals surface area contributed by atoms with Crippen LogP contribution in [0.2, 0.25) is 0 Å². The van der Waals surface area contributed by atoms with E-state index in [1.165, 1.54) is 121 Å². The molecule has 71 heavy (non-hydrogen) atoms. The summed E-state index contributed by atoms with van der Waals surface area (Å²) in [6.45, 7) is 35.2. The predicted molar refractivity (Wildman–Crippen MR) is 308 cm³/mol. The van der Waals surface area contributed by atoms with Gasteiger partial charge in [-0.15, -0.1) is 11.3 Å². The fourth-order valence-corrected chi connectivity index (χ4v) is 13.8. The van der Waals surface area contributed by atoms with Gasteiger partial charge in [0.15, 0.2) is 0 Å². The van der Waals surface area contributed by atoms with E-state index in [1.807, 2.05) is 11.3 Å². The highest BCUT2D eigenvalue weighted by Gasteiger charge is 2.55. The standard InChI is InChI=1S/C67H69BN2S/c1-62(2,3)40-24-29-44(30-25-40)69-55-34-42(64(7,8)9)28-33-53(55)68-54-39-52-48(49-38-59(66(13,14)15)71-61(49)67(52)50-22-18-16-20-46(50)47-21-17-19-23-51(47)67)37-56(54)70(45-31-26-41(27-32-45)63(4,5)6)58-36-43(65(10,11)12)35-57(69)60(58)68/h16-39H,1-15H3. The van der Waals surface area contributed by atoms with Gasteiger partial charge in [-0.2, -0.15) is 0 Å². The van der Waals surface area contributed by atoms with E-state index >= 15 is 0 Å². The van der Waals surface area contributed by atoms with Crippen LogP contribution in [0.15, 0.2) is 146 Å². The molecule has 4 heteroatoms. The second-order valence-electron chi connectivity index (χ2n) is 26.3. The van der Waals surface area contributed by atoms with Gasteiger partial charge in [0.1, 0.15) is 0 Å². The number of anilines is 6. The molecule has 7 aromatic carbocycles. The van der Waals surface area contributed by atoms with E-state index in [9.17, 15) is 0 Å². The van der Waals surface area contributed by atoms with Crippen LogP contribution in [-0.2, 0) is 32.5 Å². The Bertz CT molecular complexity index is 3450. The molecule has 4 aliphatic rings. The number of benzene rings is 7. The van der Waals surface area contributed by atoms with Crippen molar-refractivity contribution in [3.05, 3.63) is 194 Å². The third-order valence-corrected chi connectivity index (χ3v) is 18.1. The quantitative estimate of drug-likeness (QED) is 0.159. The Morgan fingerprint density at radius 3 is 1.30 bits per heavy atom. The van der Waals surface area contributed by atoms with Crippen molar-refractivity contribution in [1.82, 2.24) is 0 Å². The number of rotatable bonds is 2. The van der Waals surface area contributed by atoms with Crippen LogP contribution in [0, 0.1) is 0 Å². The van der Waals surface area contributed by atoms with Crippen molar-refractivity contribution in [3.63, 3.8) is 0 Å². The summed E-state index contributed by atoms with van der Waals surface area (Å²) >= 11 is 2.04. The third-order valence-electron chi connectivity index (χ3n) is 16.4. The molecule has 2 aliphatic heterocycles. The number of fused-ring (bicyclic) bond motifs is 14. The van der Waals surface area contributed by atoms with Crippen LogP contribution in [0.5, 0.6) is 0 Å². The SMILES string of the molecule is CC(C)(C)c1ccc(N2c3cc(C(C)(C)C)ccc3B3c4cc5c(cc4N(c4ccc(C(C)(C)C)cc4)c4cc(C(C)(C)C)cc2c43)-c2cc(C(C)(C)C)sc2C52c3ccccc3-c3ccccc32)cc1. The minimum atomic E-state index is -0.451. The van der Waals surface area contributed by atoms with Crippen LogP contribution in [0.25, 0.3) is 22.3 Å². The molecule has 1 aromatic heterocycles. The first-order valence-corrected chi connectivity index (χ1v) is 26.9. The number of hydrogen-bond donors (Lipinski definition) is 0. The van der Waals surface area contributed by atoms with E-state index in [0.29, 0.717) is 0 Å². The van der Waals surface area contributed by atoms with Gasteiger partial charge in [0.2, 0.25) is 0 Å². The Morgan fingerprint density at radius 1 is 0.366 bits per heavy atom. The van der Waals surface area contributed by atoms with Crippen molar-refractivity contribution in [2.75, 3.05) is 9.80 Å². The molecule has 0 bridgehead atoms. The minimum Gasteiger partial charge on any atom is -0.311 e. The fourth-order valence-electron chi connectivity index (χ4n) is 12.4. The van der Waals surface area contributed by atoms with Gasteiger partial charge < -0.3 is 9.80 Å². The average Bonchev–Trinajstić information content (AvgIpc) is 3.96. The van der Waals surface area contributed by atoms with Crippen molar-refractivity contribution < 1.29 is 0 Å². The summed E-state index contributed by atoms with van der Waals surface area (Å²) in [5.74, 6) is 0. The predicted octanol–water partition coefficient (Wildman–Crippen LogP) is 16.7. The second kappa shape index (κ2) is 15.0. The van der Waals surface area contributed by atoms with Crippen LogP contribution < -0.4 is 26.2 Å². The first-order valence-electron chi connectivity index (χ1n) is 26.0. The first kappa shape index (κ1) is 46.0. The minimum absolute atomic E-state index is 0.00159. The zero-order valence-electron chi connectivity index (χ0n) is 44.7. The highest BCUT2D eigenvalue weighted by Crippen LogP contribution is 2.66. The molecule has 2 nitrogen and oxygen atoms in total. The van der Waals surface area contributed by atoms with Gasteiger partial charge in [0, 0.05) is 43.9 Å². The zero-order valence-corrected chi connectivity index (χ0v) is 45.6. The second-order valence-corrected chi connectivity index (χ2v) is 27.4. The first-order chi connectivity index (χ1) is 33.4. The summed E-state index contributed by atoms with van der Waals surface area (Å²) in [6, 6.07) is 58.0. The summed E-state index contributed by atoms with van der Waals surface area (Å²) in [6.07, 6.45) is 0. The molecular weight excluding hydrogens is 876 g/mol. The van der Waals surface area contributed by atoms with Gasteiger partial charge in [0.25, 0.3) is 6.71 Å². The molecule has 0 N–H and O–H groups in total. The highest BCUT2D eigenvalue weighted by atomic mass is 32.1. The lowest BCUT2D eigenvalue weighted by atomic mass is 9.33. The van der Waals surface area contributed by atoms with Gasteiger partial charge in [-0.25, -0.2) is 0 Å². The lowest BCUT2D eigenvalue weighted by Gasteiger charge is -2.46. The maximum absolute atomic E-state index is 2.70. The Labute approximate surface area is 428 Å². The molecule has 0 atom stereocenters. The molecule has 12 rings (SSSR count). The monoisotopic (exact) mass is 945 g/mol. The van der Waals surface area contributed by atoms with Crippen molar-refractivity contribution in [3.8, 4) is 22.3 Å². The van der Waals surface area contributed by atoms with Crippen LogP contribution >= 0.6 is 11.3 Å². The van der Waals surface area contributed by atoms with E-state index in [4.69, 9.17) is 0 Å². The smallest absolute Gasteiger partial charge is 0.252 e. The lowest BCUT2D eigenvalue weighted by Crippen LogP contribution is -2.61. The van der Waals surface area contributed by atoms with Gasteiger partial charge in [-0.1, -0.05) is 195 Å². The normalized spacial score (nSPS) is 15.3. The Balaban J connectivity index is 1.23. The van der Waals surface area contributed by atoms with Gasteiger partial charge >= 0.3 is 0 Å². The van der Waals surface area contributed by atoms with Crippen molar-refractivity contribution in [1.29, 1.82) is 0 Å². The highest BCUT2D eigenvalue weighted by molar-refractivity contribution is 7.13. The maximum Gasteiger partial charge on any atom is 0.252 e. The van der Waals surface area contributed by atoms with Crippen molar-refractivity contribution in [2.45, 2.75) is 136 Å². The number of hydrogen-bond acceptors (Lipinski definition) is 3. The van der Waals surface area contributed by atoms with Crippen molar-refractivity contribution >= 4 is 68.6 Å². The fraction of sp³-hybridized carbons (Fsp3) is 0.313. The Hall–Kier alpha value is -6.10. The molecule has 8 aromatic rings. The van der Waals surface area contributed by atoms with Gasteiger partial charge in [0.05, 0.1) is 5.41 Å². The summed E-state index contributed by atoms with van der Waals surface area (Å²) in [5, 5.41) is 0. The Kier molecular flexibility index (Phi) is 9.71. The van der Waals surface area contributed by atoms with Crippen LogP contribution in [0.1, 0.15) is 153 Å². The largest absolute Gasteiger partial charge is 0.311 e. The van der Waals surface area contributed by atoms with E-state index in [1.54, 1.807) is 0 Å². The average molecular weight is 945 g/mol. The summed E-state index contributed by atoms with van der Waals surface area (Å²) < 4.78 is 0. The molecule has 356 valence electrons. The van der Waals surface area contributed by atoms with Gasteiger partial charge in [-0.05, 0) is 159 Å². The summed E-state index contributed by atoms with van der Waals surface area (Å²) in [7, 11) is 0. The van der Waals surface area contributed by atoms with E-state index < -0.39 is 5.41 Å². The zero-order chi connectivity index (χ0) is 50.1. The molecule has 2 aliphatic carbocycles. The Morgan fingerprint density at radius 2 is 0.817 bits per heavy atom. The van der Waals surface area contributed by atoms with E-state index in [2.05, 4.69) is 259 Å². The molecule has 0 saturated heterocycles. The topological polar surface area (TPSA) is 6.48 Å². The molecular formula is C67H69BN2S. The summed E-state index contributed by atoms with van der Waals surface area (Å²) in [4.78, 5) is 8.16. The third kappa shape index (κ3) is 6.72. The lowest BCUT2D eigenvalue weighted by molar-refractivity contribution is 0.589. The van der Waals surface area contributed by atoms with Crippen molar-refractivity contribution in [2.24, 2.45) is 0 Å². The molecule has 0 unspecified atom stereocenters. The summed E-state index contributed by atoms with van der Waals surface area (Å²) in [5.41, 5.74) is 25.9. The number of thiophene rings is 1. The molecule has 0 amide bonds. The molecule has 0 radical (unpaired) electrons. The molecule has 1 spiro atoms. The molecule has 0 saturated carbocycles. The van der Waals surface area contributed by atoms with Crippen LogP contribution in [-0.4, -0.2) is 6.71 Å². The van der Waals surface area contributed by atoms with Gasteiger partial charge in [-0.3, -0.25) is 0 Å². The molecule has 0 fully saturated rings. The van der Waals surface area contributed by atoms with E-state index in [-0.39, 0.29) is 33.8 Å². The molecule has 3 heterocycles. The van der Waals surface area contributed by atoms with E-state index in [0.717, 1.165) is 0 Å². The maximum atomic E-state index is 2.70. The van der Waals surface area contributed by atoms with Crippen LogP contribution in [0.3, 0.4) is 0 Å². The van der Waals surface area contributed by atoms with Crippen LogP contribution in [0.4, 0.5) is 34.1 Å².